The molecular weight excluding hydrogens is 450 g/mol. The Kier molecular flexibility index (Phi) is 7.94. The van der Waals surface area contributed by atoms with Gasteiger partial charge in [-0.25, -0.2) is 0 Å². The van der Waals surface area contributed by atoms with Crippen molar-refractivity contribution in [1.29, 1.82) is 0 Å². The number of rotatable bonds is 11. The Labute approximate surface area is 193 Å². The standard InChI is InChI=1S/C21H21N5O8/c1-31-16-8-3-13(11-17(16)32-2)19-24-21(34-25-19)20(28)23-10-9-22-18(27)12-33-15-6-4-14(5-7-15)26(29)30/h3-8,11H,9-10,12H2,1-2H3,(H,22,27)(H,23,28). The number of aromatic nitrogens is 2. The summed E-state index contributed by atoms with van der Waals surface area (Å²) in [7, 11) is 3.01. The van der Waals surface area contributed by atoms with Crippen molar-refractivity contribution in [2.75, 3.05) is 33.9 Å². The Bertz CT molecular complexity index is 1160. The summed E-state index contributed by atoms with van der Waals surface area (Å²) >= 11 is 0. The van der Waals surface area contributed by atoms with E-state index in [0.29, 0.717) is 22.8 Å². The van der Waals surface area contributed by atoms with Crippen molar-refractivity contribution < 1.29 is 33.2 Å². The molecule has 1 heterocycles. The van der Waals surface area contributed by atoms with Gasteiger partial charge in [-0.3, -0.25) is 19.7 Å². The number of benzene rings is 2. The highest BCUT2D eigenvalue weighted by Gasteiger charge is 2.17. The number of ether oxygens (including phenoxy) is 3. The van der Waals surface area contributed by atoms with Crippen LogP contribution in [0, 0.1) is 10.1 Å². The lowest BCUT2D eigenvalue weighted by atomic mass is 10.2. The molecule has 1 aromatic heterocycles. The number of nitrogens with zero attached hydrogens (tertiary/aromatic N) is 3. The fraction of sp³-hybridized carbons (Fsp3) is 0.238. The number of hydrogen-bond donors (Lipinski definition) is 2. The maximum absolute atomic E-state index is 12.2. The van der Waals surface area contributed by atoms with Gasteiger partial charge in [0, 0.05) is 30.8 Å². The molecule has 0 fully saturated rings. The van der Waals surface area contributed by atoms with Gasteiger partial charge in [-0.05, 0) is 30.3 Å². The van der Waals surface area contributed by atoms with E-state index in [0.717, 1.165) is 0 Å². The number of nitrogens with one attached hydrogen (secondary N) is 2. The second-order valence-electron chi connectivity index (χ2n) is 6.64. The van der Waals surface area contributed by atoms with Gasteiger partial charge in [0.15, 0.2) is 18.1 Å². The van der Waals surface area contributed by atoms with Gasteiger partial charge in [0.25, 0.3) is 11.6 Å². The summed E-state index contributed by atoms with van der Waals surface area (Å²) in [5.74, 6) is 0.255. The number of non-ortho nitro benzene ring substituents is 1. The molecule has 0 saturated heterocycles. The molecule has 0 aliphatic carbocycles. The molecule has 0 saturated carbocycles. The lowest BCUT2D eigenvalue weighted by Gasteiger charge is -2.07. The number of hydrogen-bond acceptors (Lipinski definition) is 10. The third-order valence-electron chi connectivity index (χ3n) is 4.41. The highest BCUT2D eigenvalue weighted by atomic mass is 16.6. The quantitative estimate of drug-likeness (QED) is 0.238. The summed E-state index contributed by atoms with van der Waals surface area (Å²) in [5, 5.41) is 19.5. The van der Waals surface area contributed by atoms with Crippen LogP contribution in [0.15, 0.2) is 47.0 Å². The van der Waals surface area contributed by atoms with Gasteiger partial charge in [-0.1, -0.05) is 5.16 Å². The maximum Gasteiger partial charge on any atom is 0.316 e. The number of nitro groups is 1. The van der Waals surface area contributed by atoms with Crippen molar-refractivity contribution in [1.82, 2.24) is 20.8 Å². The normalized spacial score (nSPS) is 10.3. The average Bonchev–Trinajstić information content (AvgIpc) is 3.35. The van der Waals surface area contributed by atoms with Gasteiger partial charge in [0.1, 0.15) is 5.75 Å². The summed E-state index contributed by atoms with van der Waals surface area (Å²) in [6.07, 6.45) is 0. The minimum Gasteiger partial charge on any atom is -0.493 e. The van der Waals surface area contributed by atoms with Gasteiger partial charge in [-0.2, -0.15) is 4.98 Å². The summed E-state index contributed by atoms with van der Waals surface area (Å²) in [6, 6.07) is 10.4. The highest BCUT2D eigenvalue weighted by molar-refractivity contribution is 5.90. The van der Waals surface area contributed by atoms with Crippen LogP contribution in [0.1, 0.15) is 10.7 Å². The van der Waals surface area contributed by atoms with Crippen molar-refractivity contribution in [3.05, 3.63) is 58.5 Å². The minimum absolute atomic E-state index is 0.0790. The molecule has 2 N–H and O–H groups in total. The molecule has 13 heteroatoms. The molecule has 2 amide bonds. The first kappa shape index (κ1) is 24.0. The van der Waals surface area contributed by atoms with Crippen LogP contribution in [0.4, 0.5) is 5.69 Å². The molecule has 0 bridgehead atoms. The van der Waals surface area contributed by atoms with Crippen LogP contribution >= 0.6 is 0 Å². The van der Waals surface area contributed by atoms with E-state index in [1.807, 2.05) is 0 Å². The Morgan fingerprint density at radius 2 is 1.74 bits per heavy atom. The van der Waals surface area contributed by atoms with Gasteiger partial charge in [-0.15, -0.1) is 0 Å². The van der Waals surface area contributed by atoms with Gasteiger partial charge < -0.3 is 29.4 Å². The van der Waals surface area contributed by atoms with Crippen molar-refractivity contribution >= 4 is 17.5 Å². The van der Waals surface area contributed by atoms with Crippen molar-refractivity contribution in [2.24, 2.45) is 0 Å². The molecule has 0 aliphatic rings. The predicted molar refractivity (Wildman–Crippen MR) is 117 cm³/mol. The maximum atomic E-state index is 12.2. The molecule has 0 spiro atoms. The van der Waals surface area contributed by atoms with Crippen LogP contribution < -0.4 is 24.8 Å². The first-order valence-corrected chi connectivity index (χ1v) is 9.89. The molecule has 0 radical (unpaired) electrons. The number of nitro benzene ring substituents is 1. The Hall–Kier alpha value is -4.68. The largest absolute Gasteiger partial charge is 0.493 e. The van der Waals surface area contributed by atoms with E-state index in [9.17, 15) is 19.7 Å². The van der Waals surface area contributed by atoms with Crippen molar-refractivity contribution in [2.45, 2.75) is 0 Å². The van der Waals surface area contributed by atoms with Crippen molar-refractivity contribution in [3.8, 4) is 28.6 Å². The van der Waals surface area contributed by atoms with Crippen LogP contribution in [0.5, 0.6) is 17.2 Å². The number of methoxy groups -OCH3 is 2. The predicted octanol–water partition coefficient (Wildman–Crippen LogP) is 1.59. The molecule has 178 valence electrons. The van der Waals surface area contributed by atoms with Crippen LogP contribution in [0.25, 0.3) is 11.4 Å². The SMILES string of the molecule is COc1ccc(-c2noc(C(=O)NCCNC(=O)COc3ccc([N+](=O)[O-])cc3)n2)cc1OC. The van der Waals surface area contributed by atoms with E-state index < -0.39 is 16.7 Å². The third kappa shape index (κ3) is 6.18. The van der Waals surface area contributed by atoms with Crippen LogP contribution in [0.3, 0.4) is 0 Å². The second kappa shape index (κ2) is 11.3. The molecule has 0 atom stereocenters. The lowest BCUT2D eigenvalue weighted by Crippen LogP contribution is -2.36. The van der Waals surface area contributed by atoms with Crippen LogP contribution in [-0.4, -0.2) is 60.8 Å². The zero-order chi connectivity index (χ0) is 24.5. The van der Waals surface area contributed by atoms with Gasteiger partial charge >= 0.3 is 11.8 Å². The average molecular weight is 471 g/mol. The van der Waals surface area contributed by atoms with Crippen molar-refractivity contribution in [3.63, 3.8) is 0 Å². The highest BCUT2D eigenvalue weighted by Crippen LogP contribution is 2.31. The Morgan fingerprint density at radius 1 is 1.03 bits per heavy atom. The zero-order valence-electron chi connectivity index (χ0n) is 18.3. The van der Waals surface area contributed by atoms with Gasteiger partial charge in [0.2, 0.25) is 5.82 Å². The lowest BCUT2D eigenvalue weighted by molar-refractivity contribution is -0.384. The smallest absolute Gasteiger partial charge is 0.316 e. The molecule has 34 heavy (non-hydrogen) atoms. The fourth-order valence-corrected chi connectivity index (χ4v) is 2.73. The number of carbonyl (C=O) groups is 2. The molecule has 2 aromatic carbocycles. The monoisotopic (exact) mass is 471 g/mol. The Morgan fingerprint density at radius 3 is 2.41 bits per heavy atom. The number of carbonyl (C=O) groups excluding carboxylic acids is 2. The minimum atomic E-state index is -0.601. The Balaban J connectivity index is 1.42. The first-order chi connectivity index (χ1) is 16.4. The summed E-state index contributed by atoms with van der Waals surface area (Å²) < 4.78 is 20.7. The van der Waals surface area contributed by atoms with E-state index in [1.165, 1.54) is 38.5 Å². The first-order valence-electron chi connectivity index (χ1n) is 9.89. The second-order valence-corrected chi connectivity index (χ2v) is 6.64. The molecule has 3 rings (SSSR count). The third-order valence-corrected chi connectivity index (χ3v) is 4.41. The molecular formula is C21H21N5O8. The number of amides is 2. The van der Waals surface area contributed by atoms with E-state index in [4.69, 9.17) is 18.7 Å². The van der Waals surface area contributed by atoms with E-state index in [-0.39, 0.29) is 37.1 Å². The topological polar surface area (TPSA) is 168 Å². The fourth-order valence-electron chi connectivity index (χ4n) is 2.73. The van der Waals surface area contributed by atoms with E-state index in [2.05, 4.69) is 20.8 Å². The zero-order valence-corrected chi connectivity index (χ0v) is 18.3. The van der Waals surface area contributed by atoms with Crippen LogP contribution in [0.2, 0.25) is 0 Å². The summed E-state index contributed by atoms with van der Waals surface area (Å²) in [4.78, 5) is 38.2. The van der Waals surface area contributed by atoms with E-state index >= 15 is 0 Å². The van der Waals surface area contributed by atoms with Gasteiger partial charge in [0.05, 0.1) is 19.1 Å². The summed E-state index contributed by atoms with van der Waals surface area (Å²) in [5.41, 5.74) is 0.491. The molecule has 3 aromatic rings. The molecule has 0 unspecified atom stereocenters. The van der Waals surface area contributed by atoms with Crippen LogP contribution in [-0.2, 0) is 4.79 Å². The molecule has 13 nitrogen and oxygen atoms in total. The molecule has 0 aliphatic heterocycles. The summed E-state index contributed by atoms with van der Waals surface area (Å²) in [6.45, 7) is -0.0505. The van der Waals surface area contributed by atoms with E-state index in [1.54, 1.807) is 18.2 Å².